The van der Waals surface area contributed by atoms with Gasteiger partial charge in [-0.1, -0.05) is 45.2 Å². The normalized spacial score (nSPS) is 17.7. The zero-order valence-electron chi connectivity index (χ0n) is 15.9. The van der Waals surface area contributed by atoms with Gasteiger partial charge in [-0.05, 0) is 60.2 Å². The average Bonchev–Trinajstić information content (AvgIpc) is 2.92. The van der Waals surface area contributed by atoms with Crippen LogP contribution in [0.5, 0.6) is 0 Å². The van der Waals surface area contributed by atoms with Gasteiger partial charge in [-0.3, -0.25) is 9.59 Å². The average molecular weight is 523 g/mol. The molecule has 4 rings (SSSR count). The number of halogens is 4. The molecule has 4 nitrogen and oxygen atoms in total. The summed E-state index contributed by atoms with van der Waals surface area (Å²) < 4.78 is 13.9. The van der Waals surface area contributed by atoms with Gasteiger partial charge in [-0.25, -0.2) is 4.39 Å². The first-order chi connectivity index (χ1) is 14.7. The Morgan fingerprint density at radius 3 is 2.45 bits per heavy atom. The molecule has 0 bridgehead atoms. The van der Waals surface area contributed by atoms with Crippen LogP contribution in [0.2, 0.25) is 10.0 Å². The molecular formula is C23H15BrCl2FNO3. The van der Waals surface area contributed by atoms with Gasteiger partial charge >= 0.3 is 0 Å². The van der Waals surface area contributed by atoms with Crippen LogP contribution >= 0.6 is 39.1 Å². The van der Waals surface area contributed by atoms with Crippen molar-refractivity contribution in [1.82, 2.24) is 0 Å². The SMILES string of the molecule is O=C(CC1(O)C(=O)N(Cc2ccc(Cl)cc2Cl)c2ccc(Br)cc21)c1ccc(F)cc1. The minimum absolute atomic E-state index is 0.0938. The molecule has 0 radical (unpaired) electrons. The van der Waals surface area contributed by atoms with Crippen LogP contribution in [0.4, 0.5) is 10.1 Å². The monoisotopic (exact) mass is 521 g/mol. The number of Topliss-reactive ketones (excluding diaryl/α,β-unsaturated/α-hetero) is 1. The van der Waals surface area contributed by atoms with Gasteiger partial charge in [-0.2, -0.15) is 0 Å². The fourth-order valence-electron chi connectivity index (χ4n) is 3.64. The van der Waals surface area contributed by atoms with E-state index in [9.17, 15) is 19.1 Å². The maximum atomic E-state index is 13.4. The Kier molecular flexibility index (Phi) is 5.92. The van der Waals surface area contributed by atoms with Crippen LogP contribution in [-0.4, -0.2) is 16.8 Å². The van der Waals surface area contributed by atoms with Crippen molar-refractivity contribution in [2.75, 3.05) is 4.90 Å². The fourth-order valence-corrected chi connectivity index (χ4v) is 4.47. The van der Waals surface area contributed by atoms with Gasteiger partial charge in [0, 0.05) is 25.6 Å². The number of rotatable bonds is 5. The van der Waals surface area contributed by atoms with Crippen molar-refractivity contribution in [2.45, 2.75) is 18.6 Å². The van der Waals surface area contributed by atoms with E-state index in [0.717, 1.165) is 12.1 Å². The molecule has 3 aromatic rings. The van der Waals surface area contributed by atoms with Gasteiger partial charge in [0.25, 0.3) is 5.91 Å². The van der Waals surface area contributed by atoms with Crippen LogP contribution in [0.1, 0.15) is 27.9 Å². The number of carbonyl (C=O) groups is 2. The van der Waals surface area contributed by atoms with Crippen LogP contribution in [0.3, 0.4) is 0 Å². The second kappa shape index (κ2) is 8.36. The van der Waals surface area contributed by atoms with Crippen molar-refractivity contribution < 1.29 is 19.1 Å². The third kappa shape index (κ3) is 4.13. The van der Waals surface area contributed by atoms with E-state index in [1.807, 2.05) is 0 Å². The molecular weight excluding hydrogens is 508 g/mol. The molecule has 0 aliphatic carbocycles. The highest BCUT2D eigenvalue weighted by atomic mass is 79.9. The molecule has 0 fully saturated rings. The lowest BCUT2D eigenvalue weighted by Crippen LogP contribution is -2.41. The van der Waals surface area contributed by atoms with Crippen molar-refractivity contribution in [1.29, 1.82) is 0 Å². The minimum Gasteiger partial charge on any atom is -0.375 e. The van der Waals surface area contributed by atoms with E-state index in [1.54, 1.807) is 36.4 Å². The number of ketones is 1. The van der Waals surface area contributed by atoms with Crippen molar-refractivity contribution in [3.05, 3.63) is 97.7 Å². The quantitative estimate of drug-likeness (QED) is 0.424. The molecule has 1 N–H and O–H groups in total. The molecule has 1 atom stereocenters. The first kappa shape index (κ1) is 22.0. The second-order valence-corrected chi connectivity index (χ2v) is 9.01. The number of aliphatic hydroxyl groups is 1. The zero-order chi connectivity index (χ0) is 22.3. The maximum Gasteiger partial charge on any atom is 0.264 e. The highest BCUT2D eigenvalue weighted by molar-refractivity contribution is 9.10. The Labute approximate surface area is 196 Å². The van der Waals surface area contributed by atoms with Gasteiger partial charge in [-0.15, -0.1) is 0 Å². The molecule has 1 unspecified atom stereocenters. The summed E-state index contributed by atoms with van der Waals surface area (Å²) in [6, 6.07) is 15.0. The smallest absolute Gasteiger partial charge is 0.264 e. The van der Waals surface area contributed by atoms with E-state index < -0.39 is 29.5 Å². The third-order valence-electron chi connectivity index (χ3n) is 5.22. The number of anilines is 1. The molecule has 0 spiro atoms. The summed E-state index contributed by atoms with van der Waals surface area (Å²) in [6.07, 6.45) is -0.480. The summed E-state index contributed by atoms with van der Waals surface area (Å²) in [5.41, 5.74) is -0.425. The predicted molar refractivity (Wildman–Crippen MR) is 121 cm³/mol. The first-order valence-corrected chi connectivity index (χ1v) is 10.8. The molecule has 8 heteroatoms. The van der Waals surface area contributed by atoms with Gasteiger partial charge in [0.1, 0.15) is 5.82 Å². The molecule has 158 valence electrons. The second-order valence-electron chi connectivity index (χ2n) is 7.26. The summed E-state index contributed by atoms with van der Waals surface area (Å²) >= 11 is 15.6. The number of hydrogen-bond donors (Lipinski definition) is 1. The van der Waals surface area contributed by atoms with Gasteiger partial charge < -0.3 is 10.0 Å². The highest BCUT2D eigenvalue weighted by Gasteiger charge is 2.51. The van der Waals surface area contributed by atoms with E-state index in [-0.39, 0.29) is 12.1 Å². The number of benzene rings is 3. The van der Waals surface area contributed by atoms with Crippen molar-refractivity contribution >= 4 is 56.5 Å². The third-order valence-corrected chi connectivity index (χ3v) is 6.30. The molecule has 0 aromatic heterocycles. The molecule has 3 aromatic carbocycles. The van der Waals surface area contributed by atoms with Crippen LogP contribution in [-0.2, 0) is 16.9 Å². The van der Waals surface area contributed by atoms with Crippen LogP contribution in [0.25, 0.3) is 0 Å². The standard InChI is InChI=1S/C23H15BrCl2FNO3/c24-15-4-8-20-18(9-15)23(31,11-21(29)13-2-6-17(27)7-3-13)22(30)28(20)12-14-1-5-16(25)10-19(14)26/h1-10,31H,11-12H2. The van der Waals surface area contributed by atoms with E-state index in [0.29, 0.717) is 31.3 Å². The van der Waals surface area contributed by atoms with E-state index in [4.69, 9.17) is 23.2 Å². The predicted octanol–water partition coefficient (Wildman–Crippen LogP) is 5.90. The number of nitrogens with zero attached hydrogens (tertiary/aromatic N) is 1. The summed E-state index contributed by atoms with van der Waals surface area (Å²) in [5, 5.41) is 12.3. The Hall–Kier alpha value is -2.25. The first-order valence-electron chi connectivity index (χ1n) is 9.26. The number of amides is 1. The number of carbonyl (C=O) groups excluding carboxylic acids is 2. The van der Waals surface area contributed by atoms with Gasteiger partial charge in [0.2, 0.25) is 0 Å². The van der Waals surface area contributed by atoms with Gasteiger partial charge in [0.15, 0.2) is 11.4 Å². The summed E-state index contributed by atoms with van der Waals surface area (Å²) in [4.78, 5) is 27.6. The number of fused-ring (bicyclic) bond motifs is 1. The topological polar surface area (TPSA) is 57.6 Å². The molecule has 0 saturated carbocycles. The Morgan fingerprint density at radius 2 is 1.77 bits per heavy atom. The van der Waals surface area contributed by atoms with Crippen molar-refractivity contribution in [3.63, 3.8) is 0 Å². The van der Waals surface area contributed by atoms with Crippen LogP contribution in [0, 0.1) is 5.82 Å². The Balaban J connectivity index is 1.71. The molecule has 0 saturated heterocycles. The van der Waals surface area contributed by atoms with Crippen LogP contribution < -0.4 is 4.90 Å². The van der Waals surface area contributed by atoms with E-state index in [2.05, 4.69) is 15.9 Å². The van der Waals surface area contributed by atoms with Gasteiger partial charge in [0.05, 0.1) is 18.7 Å². The minimum atomic E-state index is -2.07. The maximum absolute atomic E-state index is 13.4. The largest absolute Gasteiger partial charge is 0.375 e. The summed E-state index contributed by atoms with van der Waals surface area (Å²) in [5.74, 6) is -1.59. The highest BCUT2D eigenvalue weighted by Crippen LogP contribution is 2.45. The fraction of sp³-hybridized carbons (Fsp3) is 0.130. The van der Waals surface area contributed by atoms with E-state index >= 15 is 0 Å². The van der Waals surface area contributed by atoms with Crippen molar-refractivity contribution in [3.8, 4) is 0 Å². The molecule has 1 amide bonds. The lowest BCUT2D eigenvalue weighted by atomic mass is 9.88. The number of hydrogen-bond acceptors (Lipinski definition) is 3. The molecule has 1 aliphatic rings. The lowest BCUT2D eigenvalue weighted by Gasteiger charge is -2.23. The Bertz CT molecular complexity index is 1200. The zero-order valence-corrected chi connectivity index (χ0v) is 19.0. The summed E-state index contributed by atoms with van der Waals surface area (Å²) in [6.45, 7) is 0.0938. The molecule has 31 heavy (non-hydrogen) atoms. The summed E-state index contributed by atoms with van der Waals surface area (Å²) in [7, 11) is 0. The van der Waals surface area contributed by atoms with Crippen molar-refractivity contribution in [2.24, 2.45) is 0 Å². The Morgan fingerprint density at radius 1 is 1.06 bits per heavy atom. The lowest BCUT2D eigenvalue weighted by molar-refractivity contribution is -0.136. The molecule has 1 heterocycles. The van der Waals surface area contributed by atoms with E-state index in [1.165, 1.54) is 17.0 Å². The molecule has 1 aliphatic heterocycles. The van der Waals surface area contributed by atoms with Crippen LogP contribution in [0.15, 0.2) is 65.1 Å².